The van der Waals surface area contributed by atoms with Crippen LogP contribution in [0.15, 0.2) is 18.2 Å². The summed E-state index contributed by atoms with van der Waals surface area (Å²) < 4.78 is 25.9. The maximum Gasteiger partial charge on any atom is 0.146 e. The Hall–Kier alpha value is -1.03. The van der Waals surface area contributed by atoms with Crippen molar-refractivity contribution in [3.8, 4) is 0 Å². The molecule has 0 aliphatic carbocycles. The number of hydrogen-bond donors (Lipinski definition) is 2. The van der Waals surface area contributed by atoms with Crippen LogP contribution in [-0.4, -0.2) is 5.75 Å². The Morgan fingerprint density at radius 3 is 2.62 bits per heavy atom. The maximum absolute atomic E-state index is 13.0. The normalized spacial score (nSPS) is 11.0. The van der Waals surface area contributed by atoms with Gasteiger partial charge in [0.15, 0.2) is 0 Å². The molecule has 0 amide bonds. The topological polar surface area (TPSA) is 26.0 Å². The Morgan fingerprint density at radius 2 is 2.00 bits per heavy atom. The summed E-state index contributed by atoms with van der Waals surface area (Å²) in [6.45, 7) is 0. The van der Waals surface area contributed by atoms with Crippen LogP contribution in [0.1, 0.15) is 5.56 Å². The van der Waals surface area contributed by atoms with Gasteiger partial charge in [0, 0.05) is 17.4 Å². The Kier molecular flexibility index (Phi) is 3.31. The van der Waals surface area contributed by atoms with Gasteiger partial charge in [0.2, 0.25) is 0 Å². The summed E-state index contributed by atoms with van der Waals surface area (Å²) in [5.41, 5.74) is 5.17. The van der Waals surface area contributed by atoms with Crippen molar-refractivity contribution >= 4 is 24.4 Å². The lowest BCUT2D eigenvalue weighted by molar-refractivity contribution is 0.602. The van der Waals surface area contributed by atoms with Crippen LogP contribution in [0.4, 0.5) is 14.5 Å². The van der Waals surface area contributed by atoms with Crippen LogP contribution in [0.3, 0.4) is 0 Å². The molecule has 0 aliphatic rings. The first kappa shape index (κ1) is 10.1. The molecule has 0 radical (unpaired) electrons. The Balaban J connectivity index is 3.08. The summed E-state index contributed by atoms with van der Waals surface area (Å²) in [4.78, 5) is 0. The first-order valence-corrected chi connectivity index (χ1v) is 4.30. The zero-order valence-corrected chi connectivity index (χ0v) is 7.69. The van der Waals surface area contributed by atoms with Gasteiger partial charge in [0.05, 0.1) is 5.69 Å². The van der Waals surface area contributed by atoms with E-state index in [1.54, 1.807) is 6.08 Å². The molecule has 4 heteroatoms. The second-order valence-electron chi connectivity index (χ2n) is 2.48. The summed E-state index contributed by atoms with van der Waals surface area (Å²) in [6, 6.07) is 2.03. The minimum atomic E-state index is -0.611. The largest absolute Gasteiger partial charge is 0.396 e. The summed E-state index contributed by atoms with van der Waals surface area (Å²) in [5.74, 6) is -0.664. The minimum Gasteiger partial charge on any atom is -0.396 e. The zero-order chi connectivity index (χ0) is 9.84. The van der Waals surface area contributed by atoms with E-state index < -0.39 is 11.6 Å². The quantitative estimate of drug-likeness (QED) is 0.558. The second kappa shape index (κ2) is 4.28. The molecular weight excluding hydrogens is 192 g/mol. The molecule has 0 aliphatic heterocycles. The van der Waals surface area contributed by atoms with Crippen molar-refractivity contribution < 1.29 is 8.78 Å². The van der Waals surface area contributed by atoms with Crippen LogP contribution in [0.5, 0.6) is 0 Å². The summed E-state index contributed by atoms with van der Waals surface area (Å²) in [5, 5.41) is 0. The van der Waals surface area contributed by atoms with E-state index in [-0.39, 0.29) is 11.3 Å². The summed E-state index contributed by atoms with van der Waals surface area (Å²) >= 11 is 3.90. The second-order valence-corrected chi connectivity index (χ2v) is 2.85. The van der Waals surface area contributed by atoms with Crippen molar-refractivity contribution in [2.75, 3.05) is 11.5 Å². The monoisotopic (exact) mass is 201 g/mol. The van der Waals surface area contributed by atoms with E-state index in [0.29, 0.717) is 5.75 Å². The van der Waals surface area contributed by atoms with E-state index >= 15 is 0 Å². The van der Waals surface area contributed by atoms with E-state index in [0.717, 1.165) is 12.1 Å². The van der Waals surface area contributed by atoms with Crippen LogP contribution in [-0.2, 0) is 0 Å². The zero-order valence-electron chi connectivity index (χ0n) is 6.80. The van der Waals surface area contributed by atoms with Crippen molar-refractivity contribution in [1.82, 2.24) is 0 Å². The fourth-order valence-corrected chi connectivity index (χ4v) is 0.990. The lowest BCUT2D eigenvalue weighted by atomic mass is 10.1. The molecule has 0 saturated carbocycles. The van der Waals surface area contributed by atoms with Crippen LogP contribution < -0.4 is 5.73 Å². The highest BCUT2D eigenvalue weighted by atomic mass is 32.1. The molecule has 0 aromatic heterocycles. The first-order chi connectivity index (χ1) is 6.15. The van der Waals surface area contributed by atoms with Gasteiger partial charge in [-0.15, -0.1) is 0 Å². The van der Waals surface area contributed by atoms with Crippen LogP contribution in [0.25, 0.3) is 6.08 Å². The number of nitrogens with two attached hydrogens (primary N) is 1. The van der Waals surface area contributed by atoms with Gasteiger partial charge in [0.25, 0.3) is 0 Å². The SMILES string of the molecule is Nc1cc(F)c(C=CCS)cc1F. The minimum absolute atomic E-state index is 0.180. The van der Waals surface area contributed by atoms with Gasteiger partial charge >= 0.3 is 0 Å². The Morgan fingerprint density at radius 1 is 1.31 bits per heavy atom. The molecule has 1 nitrogen and oxygen atoms in total. The molecule has 0 unspecified atom stereocenters. The Bertz CT molecular complexity index is 337. The van der Waals surface area contributed by atoms with E-state index in [1.165, 1.54) is 6.08 Å². The van der Waals surface area contributed by atoms with Crippen molar-refractivity contribution in [3.05, 3.63) is 35.4 Å². The Labute approximate surface area is 80.7 Å². The lowest BCUT2D eigenvalue weighted by Gasteiger charge is -2.00. The molecule has 1 rings (SSSR count). The van der Waals surface area contributed by atoms with Crippen molar-refractivity contribution in [2.45, 2.75) is 0 Å². The number of hydrogen-bond acceptors (Lipinski definition) is 2. The molecule has 0 bridgehead atoms. The fraction of sp³-hybridized carbons (Fsp3) is 0.111. The average Bonchev–Trinajstić information content (AvgIpc) is 2.09. The van der Waals surface area contributed by atoms with Crippen molar-refractivity contribution in [1.29, 1.82) is 0 Å². The number of rotatable bonds is 2. The third-order valence-electron chi connectivity index (χ3n) is 1.52. The van der Waals surface area contributed by atoms with E-state index in [4.69, 9.17) is 5.73 Å². The predicted octanol–water partition coefficient (Wildman–Crippen LogP) is 2.49. The molecule has 0 saturated heterocycles. The molecule has 0 heterocycles. The average molecular weight is 201 g/mol. The van der Waals surface area contributed by atoms with Gasteiger partial charge in [-0.25, -0.2) is 8.78 Å². The predicted molar refractivity (Wildman–Crippen MR) is 53.7 cm³/mol. The molecule has 2 N–H and O–H groups in total. The fourth-order valence-electron chi connectivity index (χ4n) is 0.885. The molecule has 1 aromatic carbocycles. The third kappa shape index (κ3) is 2.45. The van der Waals surface area contributed by atoms with Gasteiger partial charge in [-0.3, -0.25) is 0 Å². The van der Waals surface area contributed by atoms with Gasteiger partial charge in [-0.1, -0.05) is 12.2 Å². The number of halogens is 2. The highest BCUT2D eigenvalue weighted by molar-refractivity contribution is 7.80. The molecule has 0 spiro atoms. The number of anilines is 1. The van der Waals surface area contributed by atoms with E-state index in [9.17, 15) is 8.78 Å². The van der Waals surface area contributed by atoms with Gasteiger partial charge in [-0.2, -0.15) is 12.6 Å². The first-order valence-electron chi connectivity index (χ1n) is 3.67. The van der Waals surface area contributed by atoms with Crippen LogP contribution in [0.2, 0.25) is 0 Å². The molecule has 1 aromatic rings. The third-order valence-corrected chi connectivity index (χ3v) is 1.73. The maximum atomic E-state index is 13.0. The lowest BCUT2D eigenvalue weighted by Crippen LogP contribution is -1.94. The molecule has 0 atom stereocenters. The van der Waals surface area contributed by atoms with Gasteiger partial charge < -0.3 is 5.73 Å². The molecule has 13 heavy (non-hydrogen) atoms. The molecular formula is C9H9F2NS. The molecule has 70 valence electrons. The van der Waals surface area contributed by atoms with Crippen LogP contribution in [0, 0.1) is 11.6 Å². The molecule has 0 fully saturated rings. The standard InChI is InChI=1S/C9H9F2NS/c10-7-5-9(12)8(11)4-6(7)2-1-3-13/h1-2,4-5,13H,3,12H2. The van der Waals surface area contributed by atoms with Crippen molar-refractivity contribution in [2.24, 2.45) is 0 Å². The summed E-state index contributed by atoms with van der Waals surface area (Å²) in [6.07, 6.45) is 3.09. The summed E-state index contributed by atoms with van der Waals surface area (Å²) in [7, 11) is 0. The van der Waals surface area contributed by atoms with Gasteiger partial charge in [0.1, 0.15) is 11.6 Å². The van der Waals surface area contributed by atoms with E-state index in [2.05, 4.69) is 12.6 Å². The van der Waals surface area contributed by atoms with Crippen molar-refractivity contribution in [3.63, 3.8) is 0 Å². The highest BCUT2D eigenvalue weighted by Crippen LogP contribution is 2.17. The number of nitrogen functional groups attached to an aromatic ring is 1. The number of benzene rings is 1. The van der Waals surface area contributed by atoms with Gasteiger partial charge in [-0.05, 0) is 6.07 Å². The number of thiol groups is 1. The van der Waals surface area contributed by atoms with E-state index in [1.807, 2.05) is 0 Å². The smallest absolute Gasteiger partial charge is 0.146 e. The van der Waals surface area contributed by atoms with Crippen LogP contribution >= 0.6 is 12.6 Å². The highest BCUT2D eigenvalue weighted by Gasteiger charge is 2.04.